The molecule has 0 saturated heterocycles. The molecule has 1 rings (SSSR count). The van der Waals surface area contributed by atoms with E-state index in [-0.39, 0.29) is 0 Å². The number of hydrogen-bond acceptors (Lipinski definition) is 4. The standard InChI is InChI=1S/C18H33NO4/c20-16-17(19(21)22)12-8-5-3-1-2-4-6-11-15-23-18-13-9-7-10-14-18/h16-18H,1-15H2. The average Bonchev–Trinajstić information content (AvgIpc) is 2.56. The summed E-state index contributed by atoms with van der Waals surface area (Å²) >= 11 is 0. The van der Waals surface area contributed by atoms with Crippen LogP contribution >= 0.6 is 0 Å². The molecule has 0 aromatic rings. The first-order valence-corrected chi connectivity index (χ1v) is 9.44. The number of carbonyl (C=O) groups is 1. The summed E-state index contributed by atoms with van der Waals surface area (Å²) in [7, 11) is 0. The van der Waals surface area contributed by atoms with Gasteiger partial charge in [0.2, 0.25) is 0 Å². The highest BCUT2D eigenvalue weighted by Gasteiger charge is 2.17. The number of carbonyl (C=O) groups excluding carboxylic acids is 1. The Bertz CT molecular complexity index is 316. The Kier molecular flexibility index (Phi) is 11.8. The Morgan fingerprint density at radius 3 is 2.09 bits per heavy atom. The summed E-state index contributed by atoms with van der Waals surface area (Å²) in [4.78, 5) is 20.5. The predicted octanol–water partition coefficient (Wildman–Crippen LogP) is 4.69. The molecule has 5 heteroatoms. The van der Waals surface area contributed by atoms with Crippen molar-refractivity contribution >= 4 is 6.29 Å². The van der Waals surface area contributed by atoms with Crippen molar-refractivity contribution in [2.75, 3.05) is 6.61 Å². The molecule has 1 saturated carbocycles. The molecule has 0 aliphatic heterocycles. The van der Waals surface area contributed by atoms with Crippen LogP contribution in [0, 0.1) is 10.1 Å². The summed E-state index contributed by atoms with van der Waals surface area (Å²) in [5.41, 5.74) is 0. The normalized spacial score (nSPS) is 17.0. The summed E-state index contributed by atoms with van der Waals surface area (Å²) in [5.74, 6) is 0. The molecule has 0 radical (unpaired) electrons. The van der Waals surface area contributed by atoms with E-state index in [1.807, 2.05) is 0 Å². The lowest BCUT2D eigenvalue weighted by Gasteiger charge is -2.21. The van der Waals surface area contributed by atoms with E-state index in [0.717, 1.165) is 25.9 Å². The second-order valence-electron chi connectivity index (χ2n) is 6.74. The molecule has 5 nitrogen and oxygen atoms in total. The van der Waals surface area contributed by atoms with Crippen LogP contribution in [0.15, 0.2) is 0 Å². The van der Waals surface area contributed by atoms with Crippen LogP contribution < -0.4 is 0 Å². The van der Waals surface area contributed by atoms with Gasteiger partial charge in [-0.25, -0.2) is 0 Å². The summed E-state index contributed by atoms with van der Waals surface area (Å²) < 4.78 is 5.91. The first kappa shape index (κ1) is 20.1. The van der Waals surface area contributed by atoms with Crippen molar-refractivity contribution in [1.82, 2.24) is 0 Å². The highest BCUT2D eigenvalue weighted by molar-refractivity contribution is 5.55. The third-order valence-electron chi connectivity index (χ3n) is 4.73. The van der Waals surface area contributed by atoms with Crippen LogP contribution in [0.5, 0.6) is 0 Å². The number of nitro groups is 1. The maximum atomic E-state index is 10.5. The van der Waals surface area contributed by atoms with Gasteiger partial charge in [0, 0.05) is 18.0 Å². The first-order chi connectivity index (χ1) is 11.2. The van der Waals surface area contributed by atoms with E-state index >= 15 is 0 Å². The fourth-order valence-corrected chi connectivity index (χ4v) is 3.22. The van der Waals surface area contributed by atoms with Gasteiger partial charge in [-0.15, -0.1) is 0 Å². The maximum absolute atomic E-state index is 10.5. The Labute approximate surface area is 140 Å². The maximum Gasteiger partial charge on any atom is 0.267 e. The molecule has 0 bridgehead atoms. The molecular weight excluding hydrogens is 294 g/mol. The lowest BCUT2D eigenvalue weighted by Crippen LogP contribution is -2.20. The van der Waals surface area contributed by atoms with Crippen LogP contribution in [0.2, 0.25) is 0 Å². The first-order valence-electron chi connectivity index (χ1n) is 9.44. The zero-order valence-electron chi connectivity index (χ0n) is 14.4. The molecule has 1 aliphatic rings. The lowest BCUT2D eigenvalue weighted by molar-refractivity contribution is -0.506. The van der Waals surface area contributed by atoms with Gasteiger partial charge in [-0.1, -0.05) is 57.8 Å². The number of nitrogens with zero attached hydrogens (tertiary/aromatic N) is 1. The van der Waals surface area contributed by atoms with E-state index in [9.17, 15) is 14.9 Å². The zero-order valence-corrected chi connectivity index (χ0v) is 14.4. The van der Waals surface area contributed by atoms with Crippen molar-refractivity contribution in [2.24, 2.45) is 0 Å². The smallest absolute Gasteiger partial charge is 0.267 e. The molecule has 1 fully saturated rings. The summed E-state index contributed by atoms with van der Waals surface area (Å²) in [6.07, 6.45) is 16.9. The van der Waals surface area contributed by atoms with Gasteiger partial charge in [0.05, 0.1) is 6.10 Å². The molecule has 0 spiro atoms. The molecular formula is C18H33NO4. The molecule has 0 heterocycles. The molecule has 0 aromatic heterocycles. The van der Waals surface area contributed by atoms with Crippen molar-refractivity contribution in [1.29, 1.82) is 0 Å². The van der Waals surface area contributed by atoms with E-state index in [4.69, 9.17) is 4.74 Å². The minimum atomic E-state index is -1.00. The zero-order chi connectivity index (χ0) is 16.8. The average molecular weight is 327 g/mol. The molecule has 134 valence electrons. The van der Waals surface area contributed by atoms with Gasteiger partial charge in [-0.05, 0) is 25.7 Å². The van der Waals surface area contributed by atoms with E-state index < -0.39 is 11.0 Å². The Morgan fingerprint density at radius 1 is 0.957 bits per heavy atom. The van der Waals surface area contributed by atoms with E-state index in [2.05, 4.69) is 0 Å². The molecule has 23 heavy (non-hydrogen) atoms. The minimum Gasteiger partial charge on any atom is -0.378 e. The summed E-state index contributed by atoms with van der Waals surface area (Å²) in [6.45, 7) is 0.915. The van der Waals surface area contributed by atoms with Gasteiger partial charge in [0.15, 0.2) is 6.29 Å². The number of rotatable bonds is 14. The molecule has 0 N–H and O–H groups in total. The quantitative estimate of drug-likeness (QED) is 0.201. The number of unbranched alkanes of at least 4 members (excludes halogenated alkanes) is 7. The minimum absolute atomic E-state index is 0.384. The highest BCUT2D eigenvalue weighted by Crippen LogP contribution is 2.20. The molecule has 0 amide bonds. The van der Waals surface area contributed by atoms with Gasteiger partial charge in [0.25, 0.3) is 6.04 Å². The third kappa shape index (κ3) is 10.4. The van der Waals surface area contributed by atoms with Gasteiger partial charge >= 0.3 is 0 Å². The van der Waals surface area contributed by atoms with E-state index in [0.29, 0.717) is 18.8 Å². The van der Waals surface area contributed by atoms with Crippen molar-refractivity contribution < 1.29 is 14.5 Å². The molecule has 0 aromatic carbocycles. The molecule has 1 aliphatic carbocycles. The Morgan fingerprint density at radius 2 is 1.52 bits per heavy atom. The van der Waals surface area contributed by atoms with Crippen molar-refractivity contribution in [2.45, 2.75) is 102 Å². The van der Waals surface area contributed by atoms with Crippen LogP contribution in [-0.2, 0) is 9.53 Å². The molecule has 1 unspecified atom stereocenters. The monoisotopic (exact) mass is 327 g/mol. The van der Waals surface area contributed by atoms with Gasteiger partial charge < -0.3 is 4.74 Å². The Hall–Kier alpha value is -0.970. The second-order valence-corrected chi connectivity index (χ2v) is 6.74. The predicted molar refractivity (Wildman–Crippen MR) is 91.2 cm³/mol. The lowest BCUT2D eigenvalue weighted by atomic mass is 9.98. The van der Waals surface area contributed by atoms with Crippen LogP contribution in [-0.4, -0.2) is 30.0 Å². The second kappa shape index (κ2) is 13.5. The van der Waals surface area contributed by atoms with Crippen LogP contribution in [0.3, 0.4) is 0 Å². The fraction of sp³-hybridized carbons (Fsp3) is 0.944. The number of aldehydes is 1. The van der Waals surface area contributed by atoms with Crippen LogP contribution in [0.1, 0.15) is 89.9 Å². The summed E-state index contributed by atoms with van der Waals surface area (Å²) in [6, 6.07) is -1.00. The third-order valence-corrected chi connectivity index (χ3v) is 4.73. The largest absolute Gasteiger partial charge is 0.378 e. The number of ether oxygens (including phenoxy) is 1. The van der Waals surface area contributed by atoms with Gasteiger partial charge in [-0.2, -0.15) is 0 Å². The van der Waals surface area contributed by atoms with E-state index in [1.165, 1.54) is 64.2 Å². The topological polar surface area (TPSA) is 69.4 Å². The summed E-state index contributed by atoms with van der Waals surface area (Å²) in [5, 5.41) is 10.5. The fourth-order valence-electron chi connectivity index (χ4n) is 3.22. The number of hydrogen-bond donors (Lipinski definition) is 0. The van der Waals surface area contributed by atoms with Crippen molar-refractivity contribution in [3.8, 4) is 0 Å². The van der Waals surface area contributed by atoms with Gasteiger partial charge in [0.1, 0.15) is 0 Å². The Balaban J connectivity index is 1.79. The van der Waals surface area contributed by atoms with Crippen LogP contribution in [0.25, 0.3) is 0 Å². The molecule has 1 atom stereocenters. The SMILES string of the molecule is O=CC(CCCCCCCCCCOC1CCCCC1)[N+](=O)[O-]. The van der Waals surface area contributed by atoms with Crippen molar-refractivity contribution in [3.63, 3.8) is 0 Å². The van der Waals surface area contributed by atoms with E-state index in [1.54, 1.807) is 0 Å². The van der Waals surface area contributed by atoms with Crippen LogP contribution in [0.4, 0.5) is 0 Å². The highest BCUT2D eigenvalue weighted by atomic mass is 16.6. The van der Waals surface area contributed by atoms with Gasteiger partial charge in [-0.3, -0.25) is 14.9 Å². The van der Waals surface area contributed by atoms with Crippen molar-refractivity contribution in [3.05, 3.63) is 10.1 Å².